The highest BCUT2D eigenvalue weighted by molar-refractivity contribution is 5.93. The third-order valence-corrected chi connectivity index (χ3v) is 2.34. The third kappa shape index (κ3) is 3.66. The van der Waals surface area contributed by atoms with Gasteiger partial charge in [-0.15, -0.1) is 0 Å². The smallest absolute Gasteiger partial charge is 0.242 e. The molecule has 0 saturated heterocycles. The molecule has 0 bridgehead atoms. The van der Waals surface area contributed by atoms with Crippen LogP contribution in [0.15, 0.2) is 6.07 Å². The lowest BCUT2D eigenvalue weighted by atomic mass is 10.2. The monoisotopic (exact) mass is 224 g/mol. The number of H-pyrrole nitrogens is 1. The number of nitrogens with zero attached hydrogens (tertiary/aromatic N) is 1. The van der Waals surface area contributed by atoms with Gasteiger partial charge in [0, 0.05) is 11.8 Å². The summed E-state index contributed by atoms with van der Waals surface area (Å²) in [5, 5.41) is 9.58. The van der Waals surface area contributed by atoms with Crippen LogP contribution in [0.4, 0.5) is 5.82 Å². The Hall–Kier alpha value is -1.36. The highest BCUT2D eigenvalue weighted by atomic mass is 16.2. The van der Waals surface area contributed by atoms with Gasteiger partial charge in [-0.1, -0.05) is 26.7 Å². The summed E-state index contributed by atoms with van der Waals surface area (Å²) in [7, 11) is 0. The van der Waals surface area contributed by atoms with Crippen molar-refractivity contribution in [1.82, 2.24) is 10.2 Å². The first kappa shape index (κ1) is 12.7. The highest BCUT2D eigenvalue weighted by Crippen LogP contribution is 2.08. The van der Waals surface area contributed by atoms with Gasteiger partial charge in [0.1, 0.15) is 0 Å². The number of aromatic amines is 1. The zero-order valence-electron chi connectivity index (χ0n) is 9.92. The van der Waals surface area contributed by atoms with Crippen LogP contribution in [0.5, 0.6) is 0 Å². The summed E-state index contributed by atoms with van der Waals surface area (Å²) in [4.78, 5) is 11.6. The number of carbonyl (C=O) groups is 1. The van der Waals surface area contributed by atoms with Crippen LogP contribution in [-0.2, 0) is 11.2 Å². The number of aromatic nitrogens is 2. The molecule has 1 aromatic heterocycles. The number of aryl methyl sites for hydroxylation is 1. The maximum Gasteiger partial charge on any atom is 0.242 e. The standard InChI is InChI=1S/C11H20N4O/c1-3-5-8-7-10(15-14-8)13-11(16)9(12)6-4-2/h7,9H,3-6,12H2,1-2H3,(H2,13,14,15,16)/t9-/m0/s1. The van der Waals surface area contributed by atoms with Gasteiger partial charge in [-0.25, -0.2) is 0 Å². The number of hydrogen-bond donors (Lipinski definition) is 3. The molecule has 5 nitrogen and oxygen atoms in total. The van der Waals surface area contributed by atoms with E-state index in [1.165, 1.54) is 0 Å². The van der Waals surface area contributed by atoms with Crippen molar-refractivity contribution in [3.05, 3.63) is 11.8 Å². The molecule has 90 valence electrons. The molecule has 1 heterocycles. The van der Waals surface area contributed by atoms with Crippen LogP contribution in [0, 0.1) is 0 Å². The largest absolute Gasteiger partial charge is 0.320 e. The molecule has 0 fully saturated rings. The Balaban J connectivity index is 2.49. The molecule has 0 spiro atoms. The first-order chi connectivity index (χ1) is 7.67. The fourth-order valence-corrected chi connectivity index (χ4v) is 1.48. The van der Waals surface area contributed by atoms with E-state index in [4.69, 9.17) is 5.73 Å². The molecule has 1 aromatic rings. The van der Waals surface area contributed by atoms with Crippen LogP contribution in [0.25, 0.3) is 0 Å². The average molecular weight is 224 g/mol. The van der Waals surface area contributed by atoms with Gasteiger partial charge in [0.25, 0.3) is 0 Å². The van der Waals surface area contributed by atoms with Crippen LogP contribution in [0.1, 0.15) is 38.8 Å². The molecule has 1 amide bonds. The summed E-state index contributed by atoms with van der Waals surface area (Å²) in [5.74, 6) is 0.386. The van der Waals surface area contributed by atoms with E-state index in [9.17, 15) is 4.79 Å². The lowest BCUT2D eigenvalue weighted by molar-refractivity contribution is -0.117. The molecule has 1 atom stereocenters. The van der Waals surface area contributed by atoms with E-state index < -0.39 is 6.04 Å². The minimum atomic E-state index is -0.448. The minimum absolute atomic E-state index is 0.170. The summed E-state index contributed by atoms with van der Waals surface area (Å²) < 4.78 is 0. The Kier molecular flexibility index (Phi) is 4.98. The molecular weight excluding hydrogens is 204 g/mol. The number of nitrogens with two attached hydrogens (primary N) is 1. The molecule has 1 rings (SSSR count). The topological polar surface area (TPSA) is 83.8 Å². The van der Waals surface area contributed by atoms with Crippen molar-refractivity contribution in [2.45, 2.75) is 45.6 Å². The molecule has 0 aliphatic heterocycles. The predicted octanol–water partition coefficient (Wildman–Crippen LogP) is 1.43. The van der Waals surface area contributed by atoms with Gasteiger partial charge in [0.2, 0.25) is 5.91 Å². The molecule has 16 heavy (non-hydrogen) atoms. The van der Waals surface area contributed by atoms with E-state index >= 15 is 0 Å². The maximum atomic E-state index is 11.6. The van der Waals surface area contributed by atoms with Gasteiger partial charge < -0.3 is 11.1 Å². The van der Waals surface area contributed by atoms with Crippen LogP contribution in [-0.4, -0.2) is 22.1 Å². The number of rotatable bonds is 6. The number of amides is 1. The lowest BCUT2D eigenvalue weighted by Crippen LogP contribution is -2.35. The van der Waals surface area contributed by atoms with Crippen LogP contribution in [0.3, 0.4) is 0 Å². The van der Waals surface area contributed by atoms with Gasteiger partial charge >= 0.3 is 0 Å². The summed E-state index contributed by atoms with van der Waals surface area (Å²) in [6, 6.07) is 1.40. The van der Waals surface area contributed by atoms with E-state index in [2.05, 4.69) is 22.4 Å². The third-order valence-electron chi connectivity index (χ3n) is 2.34. The second kappa shape index (κ2) is 6.27. The first-order valence-corrected chi connectivity index (χ1v) is 5.78. The Morgan fingerprint density at radius 3 is 2.94 bits per heavy atom. The molecule has 0 saturated carbocycles. The van der Waals surface area contributed by atoms with Crippen molar-refractivity contribution in [3.8, 4) is 0 Å². The van der Waals surface area contributed by atoms with Crippen molar-refractivity contribution >= 4 is 11.7 Å². The van der Waals surface area contributed by atoms with E-state index in [1.54, 1.807) is 0 Å². The van der Waals surface area contributed by atoms with Gasteiger partial charge in [-0.3, -0.25) is 9.89 Å². The second-order valence-electron chi connectivity index (χ2n) is 3.91. The summed E-state index contributed by atoms with van der Waals surface area (Å²) in [6.07, 6.45) is 3.57. The number of anilines is 1. The molecule has 0 unspecified atom stereocenters. The quantitative estimate of drug-likeness (QED) is 0.683. The minimum Gasteiger partial charge on any atom is -0.320 e. The van der Waals surface area contributed by atoms with E-state index in [0.29, 0.717) is 12.2 Å². The van der Waals surface area contributed by atoms with Crippen LogP contribution < -0.4 is 11.1 Å². The number of hydrogen-bond acceptors (Lipinski definition) is 3. The van der Waals surface area contributed by atoms with Crippen molar-refractivity contribution in [1.29, 1.82) is 0 Å². The molecule has 4 N–H and O–H groups in total. The molecule has 0 aliphatic carbocycles. The predicted molar refractivity (Wildman–Crippen MR) is 64.1 cm³/mol. The van der Waals surface area contributed by atoms with Gasteiger partial charge in [0.15, 0.2) is 5.82 Å². The van der Waals surface area contributed by atoms with Gasteiger partial charge in [-0.05, 0) is 12.8 Å². The average Bonchev–Trinajstić information content (AvgIpc) is 2.66. The number of carbonyl (C=O) groups excluding carboxylic acids is 1. The summed E-state index contributed by atoms with van der Waals surface area (Å²) in [6.45, 7) is 4.09. The van der Waals surface area contributed by atoms with Crippen molar-refractivity contribution in [2.24, 2.45) is 5.73 Å². The second-order valence-corrected chi connectivity index (χ2v) is 3.91. The van der Waals surface area contributed by atoms with Crippen LogP contribution >= 0.6 is 0 Å². The normalized spacial score (nSPS) is 12.4. The Morgan fingerprint density at radius 2 is 2.31 bits per heavy atom. The van der Waals surface area contributed by atoms with Gasteiger partial charge in [0.05, 0.1) is 6.04 Å². The highest BCUT2D eigenvalue weighted by Gasteiger charge is 2.13. The first-order valence-electron chi connectivity index (χ1n) is 5.78. The Morgan fingerprint density at radius 1 is 1.56 bits per heavy atom. The molecule has 0 aromatic carbocycles. The van der Waals surface area contributed by atoms with Crippen molar-refractivity contribution in [3.63, 3.8) is 0 Å². The van der Waals surface area contributed by atoms with Crippen molar-refractivity contribution < 1.29 is 4.79 Å². The number of nitrogens with one attached hydrogen (secondary N) is 2. The van der Waals surface area contributed by atoms with Crippen molar-refractivity contribution in [2.75, 3.05) is 5.32 Å². The molecule has 0 radical (unpaired) electrons. The zero-order valence-corrected chi connectivity index (χ0v) is 9.92. The molecule has 0 aliphatic rings. The fourth-order valence-electron chi connectivity index (χ4n) is 1.48. The Labute approximate surface area is 95.8 Å². The van der Waals surface area contributed by atoms with E-state index in [-0.39, 0.29) is 5.91 Å². The molecule has 5 heteroatoms. The van der Waals surface area contributed by atoms with E-state index in [0.717, 1.165) is 25.0 Å². The zero-order chi connectivity index (χ0) is 12.0. The fraction of sp³-hybridized carbons (Fsp3) is 0.636. The summed E-state index contributed by atoms with van der Waals surface area (Å²) >= 11 is 0. The SMILES string of the molecule is CCCc1cc(NC(=O)[C@@H](N)CCC)n[nH]1. The summed E-state index contributed by atoms with van der Waals surface area (Å²) in [5.41, 5.74) is 6.72. The maximum absolute atomic E-state index is 11.6. The van der Waals surface area contributed by atoms with Gasteiger partial charge in [-0.2, -0.15) is 5.10 Å². The van der Waals surface area contributed by atoms with Crippen LogP contribution in [0.2, 0.25) is 0 Å². The Bertz CT molecular complexity index is 334. The lowest BCUT2D eigenvalue weighted by Gasteiger charge is -2.08. The van der Waals surface area contributed by atoms with E-state index in [1.807, 2.05) is 13.0 Å². The molecular formula is C11H20N4O.